The first-order valence-corrected chi connectivity index (χ1v) is 10.6. The maximum atomic E-state index is 15.1. The average molecular weight is 445 g/mol. The number of nitrogens with zero attached hydrogens (tertiary/aromatic N) is 3. The summed E-state index contributed by atoms with van der Waals surface area (Å²) in [6.07, 6.45) is 4.56. The van der Waals surface area contributed by atoms with Crippen molar-refractivity contribution in [3.05, 3.63) is 88.6 Å². The molecule has 2 N–H and O–H groups in total. The van der Waals surface area contributed by atoms with Crippen LogP contribution in [0.4, 0.5) is 15.8 Å². The quantitative estimate of drug-likeness (QED) is 0.556. The van der Waals surface area contributed by atoms with E-state index in [1.165, 1.54) is 35.2 Å². The molecule has 1 aliphatic heterocycles. The summed E-state index contributed by atoms with van der Waals surface area (Å²) in [5.41, 5.74) is 0.874. The van der Waals surface area contributed by atoms with Crippen molar-refractivity contribution >= 4 is 29.2 Å². The lowest BCUT2D eigenvalue weighted by Gasteiger charge is -2.20. The predicted molar refractivity (Wildman–Crippen MR) is 127 cm³/mol. The molecule has 1 aliphatic rings. The molecule has 2 heterocycles. The third kappa shape index (κ3) is 4.45. The molecular weight excluding hydrogens is 421 g/mol. The number of allylic oxidation sites excluding steroid dienone is 1. The number of halogens is 1. The smallest absolute Gasteiger partial charge is 0.232 e. The number of para-hydroxylation sites is 1. The van der Waals surface area contributed by atoms with Crippen LogP contribution < -0.4 is 15.6 Å². The van der Waals surface area contributed by atoms with Crippen LogP contribution in [0.2, 0.25) is 0 Å². The van der Waals surface area contributed by atoms with Gasteiger partial charge in [0.1, 0.15) is 5.69 Å². The summed E-state index contributed by atoms with van der Waals surface area (Å²) in [7, 11) is 0. The second-order valence-electron chi connectivity index (χ2n) is 8.44. The van der Waals surface area contributed by atoms with Crippen LogP contribution in [0.25, 0.3) is 11.4 Å². The van der Waals surface area contributed by atoms with Crippen molar-refractivity contribution in [1.82, 2.24) is 9.78 Å². The van der Waals surface area contributed by atoms with Gasteiger partial charge in [0.15, 0.2) is 11.5 Å². The minimum Gasteiger partial charge on any atom is -0.354 e. The van der Waals surface area contributed by atoms with E-state index in [4.69, 9.17) is 5.41 Å². The fraction of sp³-hybridized carbons (Fsp3) is 0.200. The minimum absolute atomic E-state index is 0.0353. The highest BCUT2D eigenvalue weighted by Crippen LogP contribution is 2.34. The number of aromatic nitrogens is 2. The first kappa shape index (κ1) is 22.1. The number of nitrogens with one attached hydrogen (secondary N) is 2. The highest BCUT2D eigenvalue weighted by atomic mass is 19.1. The molecule has 0 radical (unpaired) electrons. The topological polar surface area (TPSA) is 91.1 Å². The first-order valence-electron chi connectivity index (χ1n) is 10.6. The molecule has 1 amide bonds. The third-order valence-electron chi connectivity index (χ3n) is 5.64. The maximum absolute atomic E-state index is 15.1. The molecule has 0 saturated carbocycles. The average Bonchev–Trinajstić information content (AvgIpc) is 3.07. The van der Waals surface area contributed by atoms with Crippen molar-refractivity contribution < 1.29 is 9.18 Å². The van der Waals surface area contributed by atoms with Crippen LogP contribution in [0.1, 0.15) is 26.0 Å². The van der Waals surface area contributed by atoms with Gasteiger partial charge in [-0.1, -0.05) is 32.0 Å². The fourth-order valence-corrected chi connectivity index (χ4v) is 3.73. The highest BCUT2D eigenvalue weighted by Gasteiger charge is 2.39. The van der Waals surface area contributed by atoms with E-state index >= 15 is 4.39 Å². The Morgan fingerprint density at radius 1 is 1.15 bits per heavy atom. The zero-order valence-corrected chi connectivity index (χ0v) is 18.4. The zero-order chi connectivity index (χ0) is 23.6. The molecule has 8 heteroatoms. The SMILES string of the molecule is CC1(C)CCN(c2ccc(-n3ccc(=O)c(/C(=C/C=N)Nc4ccccc4)n3)c(F)c2)C1=O. The van der Waals surface area contributed by atoms with E-state index in [1.807, 2.05) is 44.2 Å². The number of hydrogen-bond acceptors (Lipinski definition) is 5. The monoisotopic (exact) mass is 445 g/mol. The molecule has 2 aromatic carbocycles. The van der Waals surface area contributed by atoms with Gasteiger partial charge in [0.2, 0.25) is 11.3 Å². The molecule has 0 unspecified atom stereocenters. The summed E-state index contributed by atoms with van der Waals surface area (Å²) in [6, 6.07) is 15.0. The molecule has 0 bridgehead atoms. The Morgan fingerprint density at radius 2 is 1.91 bits per heavy atom. The molecular formula is C25H24FN5O2. The lowest BCUT2D eigenvalue weighted by molar-refractivity contribution is -0.123. The van der Waals surface area contributed by atoms with Gasteiger partial charge in [0.05, 0.1) is 5.70 Å². The number of amides is 1. The number of rotatable bonds is 6. The van der Waals surface area contributed by atoms with E-state index < -0.39 is 11.2 Å². The summed E-state index contributed by atoms with van der Waals surface area (Å²) in [6.45, 7) is 4.30. The van der Waals surface area contributed by atoms with E-state index in [2.05, 4.69) is 10.4 Å². The Kier molecular flexibility index (Phi) is 5.91. The molecule has 0 spiro atoms. The number of carbonyl (C=O) groups is 1. The van der Waals surface area contributed by atoms with Gasteiger partial charge in [0.25, 0.3) is 0 Å². The first-order chi connectivity index (χ1) is 15.8. The summed E-state index contributed by atoms with van der Waals surface area (Å²) in [5, 5.41) is 14.9. The Balaban J connectivity index is 1.69. The van der Waals surface area contributed by atoms with E-state index in [1.54, 1.807) is 11.0 Å². The molecule has 1 aromatic heterocycles. The highest BCUT2D eigenvalue weighted by molar-refractivity contribution is 5.99. The van der Waals surface area contributed by atoms with Gasteiger partial charge in [0, 0.05) is 41.8 Å². The van der Waals surface area contributed by atoms with Crippen molar-refractivity contribution in [2.45, 2.75) is 20.3 Å². The number of anilines is 2. The molecule has 1 fully saturated rings. The van der Waals surface area contributed by atoms with Crippen molar-refractivity contribution in [3.8, 4) is 5.69 Å². The van der Waals surface area contributed by atoms with Crippen LogP contribution in [0.5, 0.6) is 0 Å². The molecule has 168 valence electrons. The fourth-order valence-electron chi connectivity index (χ4n) is 3.73. The van der Waals surface area contributed by atoms with Crippen LogP contribution in [0.3, 0.4) is 0 Å². The van der Waals surface area contributed by atoms with Crippen LogP contribution in [-0.4, -0.2) is 28.4 Å². The minimum atomic E-state index is -0.569. The maximum Gasteiger partial charge on any atom is 0.232 e. The van der Waals surface area contributed by atoms with Gasteiger partial charge < -0.3 is 15.6 Å². The Labute approximate surface area is 190 Å². The molecule has 1 saturated heterocycles. The van der Waals surface area contributed by atoms with Gasteiger partial charge in [-0.3, -0.25) is 9.59 Å². The van der Waals surface area contributed by atoms with Gasteiger partial charge in [-0.05, 0) is 42.8 Å². The molecule has 0 atom stereocenters. The summed E-state index contributed by atoms with van der Waals surface area (Å²) in [4.78, 5) is 26.7. The van der Waals surface area contributed by atoms with Gasteiger partial charge in [-0.25, -0.2) is 9.07 Å². The normalized spacial score (nSPS) is 15.5. The number of carbonyl (C=O) groups excluding carboxylic acids is 1. The van der Waals surface area contributed by atoms with Crippen molar-refractivity contribution in [1.29, 1.82) is 5.41 Å². The lowest BCUT2D eigenvalue weighted by Crippen LogP contribution is -2.30. The number of benzene rings is 2. The largest absolute Gasteiger partial charge is 0.354 e. The summed E-state index contributed by atoms with van der Waals surface area (Å²) >= 11 is 0. The zero-order valence-electron chi connectivity index (χ0n) is 18.4. The van der Waals surface area contributed by atoms with Gasteiger partial charge >= 0.3 is 0 Å². The van der Waals surface area contributed by atoms with Crippen LogP contribution >= 0.6 is 0 Å². The predicted octanol–water partition coefficient (Wildman–Crippen LogP) is 4.24. The Hall–Kier alpha value is -4.07. The van der Waals surface area contributed by atoms with Gasteiger partial charge in [-0.15, -0.1) is 0 Å². The van der Waals surface area contributed by atoms with Crippen LogP contribution in [0.15, 0.2) is 71.7 Å². The standard InChI is InChI=1S/C25H24FN5O2/c1-25(2)12-15-30(24(25)33)18-8-9-21(19(26)16-18)31-14-11-22(32)23(29-31)20(10-13-27)28-17-6-4-3-5-7-17/h3-11,13-14,16,27-28H,12,15H2,1-2H3/b20-10-,27-13?. The third-order valence-corrected chi connectivity index (χ3v) is 5.64. The van der Waals surface area contributed by atoms with Crippen LogP contribution in [0, 0.1) is 16.6 Å². The van der Waals surface area contributed by atoms with E-state index in [0.717, 1.165) is 11.9 Å². The van der Waals surface area contributed by atoms with Gasteiger partial charge in [-0.2, -0.15) is 5.10 Å². The Morgan fingerprint density at radius 3 is 2.55 bits per heavy atom. The summed E-state index contributed by atoms with van der Waals surface area (Å²) in [5.74, 6) is -0.604. The van der Waals surface area contributed by atoms with E-state index in [-0.39, 0.29) is 22.7 Å². The second-order valence-corrected chi connectivity index (χ2v) is 8.44. The van der Waals surface area contributed by atoms with E-state index in [0.29, 0.717) is 24.4 Å². The van der Waals surface area contributed by atoms with Crippen molar-refractivity contribution in [2.75, 3.05) is 16.8 Å². The number of hydrogen-bond donors (Lipinski definition) is 2. The van der Waals surface area contributed by atoms with E-state index in [9.17, 15) is 9.59 Å². The molecule has 7 nitrogen and oxygen atoms in total. The molecule has 33 heavy (non-hydrogen) atoms. The molecule has 3 aromatic rings. The van der Waals surface area contributed by atoms with Crippen LogP contribution in [-0.2, 0) is 4.79 Å². The summed E-state index contributed by atoms with van der Waals surface area (Å²) < 4.78 is 16.4. The Bertz CT molecular complexity index is 1300. The molecule has 0 aliphatic carbocycles. The lowest BCUT2D eigenvalue weighted by atomic mass is 9.92. The van der Waals surface area contributed by atoms with Crippen molar-refractivity contribution in [2.24, 2.45) is 5.41 Å². The second kappa shape index (κ2) is 8.82. The molecule has 4 rings (SSSR count). The van der Waals surface area contributed by atoms with Crippen molar-refractivity contribution in [3.63, 3.8) is 0 Å².